The topological polar surface area (TPSA) is 61.0 Å². The second kappa shape index (κ2) is 7.50. The highest BCUT2D eigenvalue weighted by molar-refractivity contribution is 5.18. The van der Waals surface area contributed by atoms with Crippen LogP contribution in [0.5, 0.6) is 0 Å². The van der Waals surface area contributed by atoms with E-state index in [4.69, 9.17) is 0 Å². The quantitative estimate of drug-likeness (QED) is 0.776. The van der Waals surface area contributed by atoms with E-state index in [0.29, 0.717) is 0 Å². The largest absolute Gasteiger partial charge is 0.308 e. The van der Waals surface area contributed by atoms with Crippen LogP contribution in [0.2, 0.25) is 0 Å². The molecule has 1 aromatic carbocycles. The predicted molar refractivity (Wildman–Crippen MR) is 62.5 cm³/mol. The Morgan fingerprint density at radius 2 is 1.62 bits per heavy atom. The summed E-state index contributed by atoms with van der Waals surface area (Å²) in [4.78, 5) is 12.1. The molecule has 2 N–H and O–H groups in total. The molecule has 0 atom stereocenters. The lowest BCUT2D eigenvalue weighted by Crippen LogP contribution is -1.93. The highest BCUT2D eigenvalue weighted by atomic mass is 16.6. The van der Waals surface area contributed by atoms with Gasteiger partial charge in [0.25, 0.3) is 0 Å². The van der Waals surface area contributed by atoms with Gasteiger partial charge in [-0.3, -0.25) is 0 Å². The van der Waals surface area contributed by atoms with Gasteiger partial charge in [0.15, 0.2) is 0 Å². The minimum Gasteiger partial charge on any atom is -0.308 e. The molecule has 0 fully saturated rings. The monoisotopic (exact) mass is 217 g/mol. The van der Waals surface area contributed by atoms with Crippen molar-refractivity contribution in [2.24, 2.45) is 5.90 Å². The number of nitrogens with two attached hydrogens (primary N) is 1. The Labute approximate surface area is 95.1 Å². The van der Waals surface area contributed by atoms with E-state index in [1.165, 1.54) is 12.7 Å². The molecule has 1 aromatic heterocycles. The number of hydrogen-bond donors (Lipinski definition) is 1. The number of nitrogens with zero attached hydrogens (tertiary/aromatic N) is 2. The molecule has 84 valence electrons. The predicted octanol–water partition coefficient (Wildman–Crippen LogP) is 1.57. The summed E-state index contributed by atoms with van der Waals surface area (Å²) in [6.45, 7) is 0. The van der Waals surface area contributed by atoms with Gasteiger partial charge in [-0.2, -0.15) is 0 Å². The summed E-state index contributed by atoms with van der Waals surface area (Å²) in [5.41, 5.74) is 1.24. The van der Waals surface area contributed by atoms with E-state index in [9.17, 15) is 0 Å². The summed E-state index contributed by atoms with van der Waals surface area (Å²) in [7, 11) is 1.40. The van der Waals surface area contributed by atoms with Crippen LogP contribution in [0.15, 0.2) is 48.8 Å². The Morgan fingerprint density at radius 3 is 2.19 bits per heavy atom. The van der Waals surface area contributed by atoms with Gasteiger partial charge in [-0.15, -0.1) is 0 Å². The van der Waals surface area contributed by atoms with Crippen LogP contribution in [0.1, 0.15) is 11.4 Å². The van der Waals surface area contributed by atoms with E-state index in [1.54, 1.807) is 12.4 Å². The lowest BCUT2D eigenvalue weighted by molar-refractivity contribution is 0.206. The summed E-state index contributed by atoms with van der Waals surface area (Å²) in [6.07, 6.45) is 4.35. The van der Waals surface area contributed by atoms with Gasteiger partial charge in [-0.05, 0) is 11.6 Å². The highest BCUT2D eigenvalue weighted by Crippen LogP contribution is 2.03. The molecule has 0 aliphatic carbocycles. The van der Waals surface area contributed by atoms with Gasteiger partial charge in [0, 0.05) is 18.8 Å². The van der Waals surface area contributed by atoms with Crippen molar-refractivity contribution in [3.63, 3.8) is 0 Å². The maximum absolute atomic E-state index is 4.35. The second-order valence-electron chi connectivity index (χ2n) is 3.06. The van der Waals surface area contributed by atoms with Gasteiger partial charge in [-0.25, -0.2) is 15.9 Å². The van der Waals surface area contributed by atoms with Gasteiger partial charge in [0.1, 0.15) is 5.82 Å². The zero-order valence-electron chi connectivity index (χ0n) is 9.21. The maximum Gasteiger partial charge on any atom is 0.132 e. The molecular weight excluding hydrogens is 202 g/mol. The average Bonchev–Trinajstić information content (AvgIpc) is 2.33. The van der Waals surface area contributed by atoms with Crippen LogP contribution in [-0.2, 0) is 11.3 Å². The normalized spacial score (nSPS) is 9.12. The molecular formula is C12H15N3O. The van der Waals surface area contributed by atoms with E-state index in [0.717, 1.165) is 12.2 Å². The number of benzene rings is 1. The fourth-order valence-corrected chi connectivity index (χ4v) is 1.20. The average molecular weight is 217 g/mol. The van der Waals surface area contributed by atoms with Gasteiger partial charge < -0.3 is 4.84 Å². The molecule has 0 amide bonds. The lowest BCUT2D eigenvalue weighted by atomic mass is 10.1. The van der Waals surface area contributed by atoms with Crippen molar-refractivity contribution in [1.82, 2.24) is 9.97 Å². The van der Waals surface area contributed by atoms with E-state index in [1.807, 2.05) is 24.3 Å². The van der Waals surface area contributed by atoms with Crippen molar-refractivity contribution in [3.8, 4) is 0 Å². The Balaban J connectivity index is 0.000000386. The van der Waals surface area contributed by atoms with Gasteiger partial charge >= 0.3 is 0 Å². The minimum absolute atomic E-state index is 0.807. The maximum atomic E-state index is 4.35. The van der Waals surface area contributed by atoms with E-state index in [2.05, 4.69) is 32.8 Å². The first-order valence-electron chi connectivity index (χ1n) is 4.89. The number of rotatable bonds is 2. The molecule has 0 unspecified atom stereocenters. The van der Waals surface area contributed by atoms with E-state index in [-0.39, 0.29) is 0 Å². The molecule has 4 nitrogen and oxygen atoms in total. The van der Waals surface area contributed by atoms with Crippen LogP contribution < -0.4 is 5.90 Å². The Bertz CT molecular complexity index is 340. The first kappa shape index (κ1) is 12.3. The fourth-order valence-electron chi connectivity index (χ4n) is 1.20. The third-order valence-corrected chi connectivity index (χ3v) is 1.82. The van der Waals surface area contributed by atoms with Gasteiger partial charge in [0.2, 0.25) is 0 Å². The van der Waals surface area contributed by atoms with Crippen molar-refractivity contribution in [1.29, 1.82) is 0 Å². The van der Waals surface area contributed by atoms with Crippen LogP contribution in [-0.4, -0.2) is 17.1 Å². The van der Waals surface area contributed by atoms with Crippen molar-refractivity contribution in [2.45, 2.75) is 6.42 Å². The zero-order valence-corrected chi connectivity index (χ0v) is 9.21. The highest BCUT2D eigenvalue weighted by Gasteiger charge is 1.95. The van der Waals surface area contributed by atoms with Crippen molar-refractivity contribution in [2.75, 3.05) is 7.11 Å². The molecule has 0 radical (unpaired) electrons. The Kier molecular flexibility index (Phi) is 5.76. The molecule has 0 bridgehead atoms. The van der Waals surface area contributed by atoms with Crippen LogP contribution in [0.3, 0.4) is 0 Å². The molecule has 0 saturated carbocycles. The van der Waals surface area contributed by atoms with Crippen molar-refractivity contribution < 1.29 is 4.84 Å². The van der Waals surface area contributed by atoms with Gasteiger partial charge in [0.05, 0.1) is 7.11 Å². The third kappa shape index (κ3) is 4.63. The molecule has 2 aromatic rings. The Hall–Kier alpha value is -1.78. The molecule has 1 heterocycles. The van der Waals surface area contributed by atoms with Crippen LogP contribution >= 0.6 is 0 Å². The Morgan fingerprint density at radius 1 is 1.06 bits per heavy atom. The van der Waals surface area contributed by atoms with Crippen LogP contribution in [0.25, 0.3) is 0 Å². The standard InChI is InChI=1S/C11H10N2.CH5NO/c1-2-5-10(6-3-1)9-11-12-7-4-8-13-11;1-3-2/h1-8H,9H2;2H2,1H3. The SMILES string of the molecule is CON.c1ccc(Cc2ncccn2)cc1. The molecule has 16 heavy (non-hydrogen) atoms. The van der Waals surface area contributed by atoms with E-state index >= 15 is 0 Å². The first-order valence-corrected chi connectivity index (χ1v) is 4.89. The third-order valence-electron chi connectivity index (χ3n) is 1.82. The fraction of sp³-hybridized carbons (Fsp3) is 0.167. The van der Waals surface area contributed by atoms with Crippen LogP contribution in [0.4, 0.5) is 0 Å². The number of aromatic nitrogens is 2. The summed E-state index contributed by atoms with van der Waals surface area (Å²) in [5, 5.41) is 0. The van der Waals surface area contributed by atoms with Gasteiger partial charge in [-0.1, -0.05) is 30.3 Å². The minimum atomic E-state index is 0.807. The first-order chi connectivity index (χ1) is 7.86. The molecule has 0 saturated heterocycles. The lowest BCUT2D eigenvalue weighted by Gasteiger charge is -1.98. The molecule has 0 aliphatic rings. The van der Waals surface area contributed by atoms with Crippen molar-refractivity contribution >= 4 is 0 Å². The molecule has 0 aliphatic heterocycles. The summed E-state index contributed by atoms with van der Waals surface area (Å²) in [5.74, 6) is 5.22. The number of hydrogen-bond acceptors (Lipinski definition) is 4. The van der Waals surface area contributed by atoms with Crippen molar-refractivity contribution in [3.05, 3.63) is 60.2 Å². The smallest absolute Gasteiger partial charge is 0.132 e. The second-order valence-corrected chi connectivity index (χ2v) is 3.06. The molecule has 2 rings (SSSR count). The molecule has 4 heteroatoms. The molecule has 0 spiro atoms. The van der Waals surface area contributed by atoms with E-state index < -0.39 is 0 Å². The zero-order chi connectivity index (χ0) is 11.6. The summed E-state index contributed by atoms with van der Waals surface area (Å²) < 4.78 is 0. The van der Waals surface area contributed by atoms with Crippen LogP contribution in [0, 0.1) is 0 Å². The summed E-state index contributed by atoms with van der Waals surface area (Å²) in [6, 6.07) is 12.0. The summed E-state index contributed by atoms with van der Waals surface area (Å²) >= 11 is 0.